The summed E-state index contributed by atoms with van der Waals surface area (Å²) in [5.74, 6) is 1.76. The SMILES string of the molecule is CC1(N)CCCN(C(=O)C2=CN(c3ncnc4[nH]ccc34)CCS2)C1.Cl. The highest BCUT2D eigenvalue weighted by Gasteiger charge is 2.32. The van der Waals surface area contributed by atoms with Gasteiger partial charge >= 0.3 is 0 Å². The summed E-state index contributed by atoms with van der Waals surface area (Å²) in [4.78, 5) is 29.4. The van der Waals surface area contributed by atoms with Gasteiger partial charge in [0.25, 0.3) is 5.91 Å². The van der Waals surface area contributed by atoms with Gasteiger partial charge in [-0.15, -0.1) is 24.2 Å². The molecule has 9 heteroatoms. The second kappa shape index (κ2) is 7.46. The second-order valence-corrected chi connectivity index (χ2v) is 8.09. The number of amides is 1. The van der Waals surface area contributed by atoms with Crippen molar-refractivity contribution in [2.75, 3.05) is 30.3 Å². The van der Waals surface area contributed by atoms with Crippen molar-refractivity contribution >= 4 is 46.9 Å². The van der Waals surface area contributed by atoms with Crippen molar-refractivity contribution in [2.45, 2.75) is 25.3 Å². The van der Waals surface area contributed by atoms with E-state index in [2.05, 4.69) is 15.0 Å². The maximum absolute atomic E-state index is 12.9. The highest BCUT2D eigenvalue weighted by molar-refractivity contribution is 8.04. The number of nitrogens with one attached hydrogen (secondary N) is 1. The number of H-pyrrole nitrogens is 1. The zero-order chi connectivity index (χ0) is 17.4. The molecular formula is C17H23ClN6OS. The number of nitrogens with zero attached hydrogens (tertiary/aromatic N) is 4. The fourth-order valence-electron chi connectivity index (χ4n) is 3.47. The third-order valence-corrected chi connectivity index (χ3v) is 5.67. The van der Waals surface area contributed by atoms with Gasteiger partial charge in [-0.2, -0.15) is 0 Å². The van der Waals surface area contributed by atoms with Gasteiger partial charge in [0.2, 0.25) is 0 Å². The highest BCUT2D eigenvalue weighted by atomic mass is 35.5. The van der Waals surface area contributed by atoms with Crippen molar-refractivity contribution in [3.63, 3.8) is 0 Å². The van der Waals surface area contributed by atoms with Crippen LogP contribution in [0.2, 0.25) is 0 Å². The number of carbonyl (C=O) groups excluding carboxylic acids is 1. The topological polar surface area (TPSA) is 91.1 Å². The Hall–Kier alpha value is -1.77. The molecule has 26 heavy (non-hydrogen) atoms. The van der Waals surface area contributed by atoms with Crippen LogP contribution in [0.3, 0.4) is 0 Å². The first-order valence-corrected chi connectivity index (χ1v) is 9.50. The molecule has 140 valence electrons. The van der Waals surface area contributed by atoms with E-state index in [0.29, 0.717) is 6.54 Å². The van der Waals surface area contributed by atoms with Crippen LogP contribution >= 0.6 is 24.2 Å². The molecule has 2 aromatic heterocycles. The third kappa shape index (κ3) is 3.67. The highest BCUT2D eigenvalue weighted by Crippen LogP contribution is 2.31. The molecule has 2 aromatic rings. The van der Waals surface area contributed by atoms with Crippen molar-refractivity contribution in [3.8, 4) is 0 Å². The first-order valence-electron chi connectivity index (χ1n) is 8.51. The number of carbonyl (C=O) groups is 1. The molecule has 3 N–H and O–H groups in total. The van der Waals surface area contributed by atoms with Crippen LogP contribution in [0.4, 0.5) is 5.82 Å². The van der Waals surface area contributed by atoms with Crippen LogP contribution in [0.25, 0.3) is 11.0 Å². The Morgan fingerprint density at radius 2 is 2.23 bits per heavy atom. The molecule has 7 nitrogen and oxygen atoms in total. The molecule has 1 unspecified atom stereocenters. The molecule has 2 aliphatic rings. The first-order chi connectivity index (χ1) is 12.0. The minimum Gasteiger partial charge on any atom is -0.346 e. The summed E-state index contributed by atoms with van der Waals surface area (Å²) >= 11 is 1.61. The minimum atomic E-state index is -0.294. The lowest BCUT2D eigenvalue weighted by molar-refractivity contribution is -0.128. The molecule has 1 saturated heterocycles. The molecule has 1 fully saturated rings. The number of rotatable bonds is 2. The number of fused-ring (bicyclic) bond motifs is 1. The van der Waals surface area contributed by atoms with Gasteiger partial charge < -0.3 is 20.5 Å². The van der Waals surface area contributed by atoms with Crippen LogP contribution in [0.1, 0.15) is 19.8 Å². The lowest BCUT2D eigenvalue weighted by Gasteiger charge is -2.38. The molecular weight excluding hydrogens is 372 g/mol. The first kappa shape index (κ1) is 19.0. The van der Waals surface area contributed by atoms with E-state index in [4.69, 9.17) is 5.73 Å². The van der Waals surface area contributed by atoms with Gasteiger partial charge in [0.15, 0.2) is 0 Å². The number of anilines is 1. The normalized spacial score (nSPS) is 23.5. The molecule has 2 aliphatic heterocycles. The third-order valence-electron chi connectivity index (χ3n) is 4.69. The summed E-state index contributed by atoms with van der Waals surface area (Å²) in [7, 11) is 0. The second-order valence-electron chi connectivity index (χ2n) is 6.96. The van der Waals surface area contributed by atoms with Gasteiger partial charge in [-0.1, -0.05) is 0 Å². The van der Waals surface area contributed by atoms with E-state index in [1.54, 1.807) is 18.1 Å². The van der Waals surface area contributed by atoms with Gasteiger partial charge in [-0.3, -0.25) is 4.79 Å². The van der Waals surface area contributed by atoms with Crippen LogP contribution in [0.5, 0.6) is 0 Å². The van der Waals surface area contributed by atoms with E-state index >= 15 is 0 Å². The number of hydrogen-bond acceptors (Lipinski definition) is 6. The largest absolute Gasteiger partial charge is 0.346 e. The monoisotopic (exact) mass is 394 g/mol. The summed E-state index contributed by atoms with van der Waals surface area (Å²) in [5.41, 5.74) is 6.76. The Bertz CT molecular complexity index is 836. The number of piperidine rings is 1. The van der Waals surface area contributed by atoms with Gasteiger partial charge in [0, 0.05) is 43.3 Å². The van der Waals surface area contributed by atoms with Crippen molar-refractivity contribution in [1.82, 2.24) is 19.9 Å². The van der Waals surface area contributed by atoms with Crippen molar-refractivity contribution in [1.29, 1.82) is 0 Å². The number of halogens is 1. The van der Waals surface area contributed by atoms with Crippen LogP contribution in [0.15, 0.2) is 29.7 Å². The zero-order valence-corrected chi connectivity index (χ0v) is 16.3. The van der Waals surface area contributed by atoms with E-state index in [-0.39, 0.29) is 23.9 Å². The van der Waals surface area contributed by atoms with E-state index in [0.717, 1.165) is 53.4 Å². The van der Waals surface area contributed by atoms with Crippen LogP contribution in [-0.4, -0.2) is 56.7 Å². The number of hydrogen-bond donors (Lipinski definition) is 2. The smallest absolute Gasteiger partial charge is 0.261 e. The van der Waals surface area contributed by atoms with E-state index in [9.17, 15) is 4.79 Å². The van der Waals surface area contributed by atoms with Crippen LogP contribution in [0, 0.1) is 0 Å². The Kier molecular flexibility index (Phi) is 5.45. The molecule has 0 radical (unpaired) electrons. The van der Waals surface area contributed by atoms with Gasteiger partial charge in [-0.05, 0) is 25.8 Å². The number of thioether (sulfide) groups is 1. The predicted octanol–water partition coefficient (Wildman–Crippen LogP) is 2.11. The Morgan fingerprint density at radius 1 is 1.38 bits per heavy atom. The summed E-state index contributed by atoms with van der Waals surface area (Å²) in [5, 5.41) is 0.963. The molecule has 4 rings (SSSR count). The lowest BCUT2D eigenvalue weighted by atomic mass is 9.92. The van der Waals surface area contributed by atoms with Crippen LogP contribution < -0.4 is 10.6 Å². The molecule has 0 saturated carbocycles. The Labute approximate surface area is 162 Å². The minimum absolute atomic E-state index is 0. The average Bonchev–Trinajstić information content (AvgIpc) is 3.09. The number of aromatic amines is 1. The quantitative estimate of drug-likeness (QED) is 0.810. The molecule has 1 atom stereocenters. The van der Waals surface area contributed by atoms with Crippen molar-refractivity contribution in [3.05, 3.63) is 29.7 Å². The maximum Gasteiger partial charge on any atom is 0.261 e. The van der Waals surface area contributed by atoms with Gasteiger partial charge in [-0.25, -0.2) is 9.97 Å². The molecule has 0 aromatic carbocycles. The van der Waals surface area contributed by atoms with Gasteiger partial charge in [0.05, 0.1) is 10.3 Å². The Balaban J connectivity index is 0.00000196. The molecule has 0 spiro atoms. The number of nitrogens with two attached hydrogens (primary N) is 1. The number of aromatic nitrogens is 3. The lowest BCUT2D eigenvalue weighted by Crippen LogP contribution is -2.54. The zero-order valence-electron chi connectivity index (χ0n) is 14.6. The summed E-state index contributed by atoms with van der Waals surface area (Å²) in [6.07, 6.45) is 7.24. The van der Waals surface area contributed by atoms with E-state index in [1.807, 2.05) is 35.2 Å². The van der Waals surface area contributed by atoms with Crippen LogP contribution in [-0.2, 0) is 4.79 Å². The fraction of sp³-hybridized carbons (Fsp3) is 0.471. The summed E-state index contributed by atoms with van der Waals surface area (Å²) < 4.78 is 0. The Morgan fingerprint density at radius 3 is 3.04 bits per heavy atom. The summed E-state index contributed by atoms with van der Waals surface area (Å²) in [6.45, 7) is 4.22. The molecule has 4 heterocycles. The van der Waals surface area contributed by atoms with Crippen molar-refractivity contribution < 1.29 is 4.79 Å². The maximum atomic E-state index is 12.9. The number of likely N-dealkylation sites (tertiary alicyclic amines) is 1. The predicted molar refractivity (Wildman–Crippen MR) is 107 cm³/mol. The summed E-state index contributed by atoms with van der Waals surface area (Å²) in [6, 6.07) is 1.96. The molecule has 1 amide bonds. The molecule has 0 bridgehead atoms. The molecule has 0 aliphatic carbocycles. The average molecular weight is 395 g/mol. The fourth-order valence-corrected chi connectivity index (χ4v) is 4.43. The van der Waals surface area contributed by atoms with E-state index in [1.165, 1.54) is 0 Å². The van der Waals surface area contributed by atoms with Gasteiger partial charge in [0.1, 0.15) is 17.8 Å². The van der Waals surface area contributed by atoms with Crippen molar-refractivity contribution in [2.24, 2.45) is 5.73 Å². The standard InChI is InChI=1S/C17H22N6OS.ClH/c1-17(18)4-2-6-23(10-17)16(24)13-9-22(7-8-25-13)15-12-3-5-19-14(12)20-11-21-15;/h3,5,9,11H,2,4,6-8,10,18H2,1H3,(H,19,20,21);1H. The van der Waals surface area contributed by atoms with E-state index < -0.39 is 0 Å².